The number of nitrogens with zero attached hydrogens (tertiary/aromatic N) is 2. The van der Waals surface area contributed by atoms with Gasteiger partial charge in [0.05, 0.1) is 0 Å². The fourth-order valence-electron chi connectivity index (χ4n) is 3.02. The molecule has 18 heavy (non-hydrogen) atoms. The third-order valence-corrected chi connectivity index (χ3v) is 4.05. The minimum Gasteiger partial charge on any atom is -0.474 e. The Kier molecular flexibility index (Phi) is 3.31. The van der Waals surface area contributed by atoms with Gasteiger partial charge in [-0.2, -0.15) is 0 Å². The molecule has 1 aromatic heterocycles. The molecule has 3 heterocycles. The number of aromatic nitrogens is 1. The van der Waals surface area contributed by atoms with Crippen molar-refractivity contribution in [2.45, 2.75) is 37.8 Å². The van der Waals surface area contributed by atoms with Crippen molar-refractivity contribution in [2.24, 2.45) is 0 Å². The molecule has 1 aromatic rings. The summed E-state index contributed by atoms with van der Waals surface area (Å²) >= 11 is 5.88. The molecule has 4 nitrogen and oxygen atoms in total. The van der Waals surface area contributed by atoms with E-state index in [0.717, 1.165) is 19.4 Å². The monoisotopic (exact) mass is 267 g/mol. The SMILES string of the molecule is Nc1cc(Cl)nc(OC2CCN3CCCC3C2)c1. The van der Waals surface area contributed by atoms with Crippen molar-refractivity contribution in [3.63, 3.8) is 0 Å². The third kappa shape index (κ3) is 2.54. The van der Waals surface area contributed by atoms with E-state index in [1.165, 1.54) is 19.4 Å². The van der Waals surface area contributed by atoms with Gasteiger partial charge in [0.2, 0.25) is 5.88 Å². The van der Waals surface area contributed by atoms with Crippen LogP contribution in [0.3, 0.4) is 0 Å². The average molecular weight is 268 g/mol. The molecule has 0 bridgehead atoms. The van der Waals surface area contributed by atoms with E-state index in [4.69, 9.17) is 22.1 Å². The summed E-state index contributed by atoms with van der Waals surface area (Å²) in [5.41, 5.74) is 6.34. The molecule has 2 aliphatic rings. The van der Waals surface area contributed by atoms with E-state index >= 15 is 0 Å². The molecule has 2 fully saturated rings. The van der Waals surface area contributed by atoms with Gasteiger partial charge < -0.3 is 15.4 Å². The molecule has 0 aromatic carbocycles. The van der Waals surface area contributed by atoms with Gasteiger partial charge in [0, 0.05) is 24.3 Å². The van der Waals surface area contributed by atoms with Crippen LogP contribution in [0, 0.1) is 0 Å². The highest BCUT2D eigenvalue weighted by Gasteiger charge is 2.32. The topological polar surface area (TPSA) is 51.4 Å². The quantitative estimate of drug-likeness (QED) is 0.836. The number of pyridine rings is 1. The zero-order chi connectivity index (χ0) is 12.5. The Morgan fingerprint density at radius 3 is 3.06 bits per heavy atom. The predicted molar refractivity (Wildman–Crippen MR) is 71.9 cm³/mol. The molecule has 3 rings (SSSR count). The van der Waals surface area contributed by atoms with Crippen LogP contribution in [0.15, 0.2) is 12.1 Å². The van der Waals surface area contributed by atoms with Crippen LogP contribution in [-0.2, 0) is 0 Å². The van der Waals surface area contributed by atoms with Crippen molar-refractivity contribution in [1.82, 2.24) is 9.88 Å². The highest BCUT2D eigenvalue weighted by molar-refractivity contribution is 6.29. The molecule has 2 saturated heterocycles. The first-order valence-electron chi connectivity index (χ1n) is 6.54. The number of hydrogen-bond donors (Lipinski definition) is 1. The Morgan fingerprint density at radius 1 is 1.33 bits per heavy atom. The lowest BCUT2D eigenvalue weighted by molar-refractivity contribution is 0.0756. The smallest absolute Gasteiger partial charge is 0.217 e. The zero-order valence-corrected chi connectivity index (χ0v) is 11.1. The average Bonchev–Trinajstić information content (AvgIpc) is 2.74. The molecule has 0 amide bonds. The Morgan fingerprint density at radius 2 is 2.22 bits per heavy atom. The van der Waals surface area contributed by atoms with Gasteiger partial charge in [-0.3, -0.25) is 0 Å². The van der Waals surface area contributed by atoms with Crippen LogP contribution in [0.1, 0.15) is 25.7 Å². The highest BCUT2D eigenvalue weighted by atomic mass is 35.5. The summed E-state index contributed by atoms with van der Waals surface area (Å²) < 4.78 is 5.92. The van der Waals surface area contributed by atoms with E-state index < -0.39 is 0 Å². The maximum absolute atomic E-state index is 5.92. The molecular weight excluding hydrogens is 250 g/mol. The summed E-state index contributed by atoms with van der Waals surface area (Å²) in [5, 5.41) is 0.392. The maximum Gasteiger partial charge on any atom is 0.217 e. The van der Waals surface area contributed by atoms with Crippen LogP contribution in [0.5, 0.6) is 5.88 Å². The van der Waals surface area contributed by atoms with Crippen LogP contribution in [0.25, 0.3) is 0 Å². The van der Waals surface area contributed by atoms with Gasteiger partial charge in [0.25, 0.3) is 0 Å². The number of ether oxygens (including phenoxy) is 1. The number of anilines is 1. The number of fused-ring (bicyclic) bond motifs is 1. The van der Waals surface area contributed by atoms with E-state index in [-0.39, 0.29) is 6.10 Å². The molecule has 5 heteroatoms. The van der Waals surface area contributed by atoms with Crippen molar-refractivity contribution in [2.75, 3.05) is 18.8 Å². The van der Waals surface area contributed by atoms with Gasteiger partial charge in [-0.25, -0.2) is 4.98 Å². The fraction of sp³-hybridized carbons (Fsp3) is 0.615. The number of nitrogens with two attached hydrogens (primary N) is 1. The Hall–Kier alpha value is -1.00. The van der Waals surface area contributed by atoms with E-state index in [1.54, 1.807) is 12.1 Å². The van der Waals surface area contributed by atoms with Gasteiger partial charge in [0.1, 0.15) is 11.3 Å². The molecule has 2 aliphatic heterocycles. The molecule has 2 N–H and O–H groups in total. The largest absolute Gasteiger partial charge is 0.474 e. The van der Waals surface area contributed by atoms with Crippen LogP contribution < -0.4 is 10.5 Å². The van der Waals surface area contributed by atoms with Crippen LogP contribution >= 0.6 is 11.6 Å². The summed E-state index contributed by atoms with van der Waals surface area (Å²) in [5.74, 6) is 0.552. The molecule has 0 spiro atoms. The summed E-state index contributed by atoms with van der Waals surface area (Å²) in [7, 11) is 0. The van der Waals surface area contributed by atoms with Gasteiger partial charge in [0.15, 0.2) is 0 Å². The first-order valence-corrected chi connectivity index (χ1v) is 6.92. The maximum atomic E-state index is 5.92. The van der Waals surface area contributed by atoms with Gasteiger partial charge in [-0.05, 0) is 38.3 Å². The normalized spacial score (nSPS) is 28.1. The summed E-state index contributed by atoms with van der Waals surface area (Å²) in [4.78, 5) is 6.73. The second kappa shape index (κ2) is 4.94. The molecule has 0 saturated carbocycles. The minimum absolute atomic E-state index is 0.245. The number of hydrogen-bond acceptors (Lipinski definition) is 4. The standard InChI is InChI=1S/C13H18ClN3O/c14-12-6-9(15)7-13(16-12)18-11-3-5-17-4-1-2-10(17)8-11/h6-7,10-11H,1-5,8H2,(H2,15,16). The van der Waals surface area contributed by atoms with Crippen molar-refractivity contribution < 1.29 is 4.74 Å². The molecular formula is C13H18ClN3O. The highest BCUT2D eigenvalue weighted by Crippen LogP contribution is 2.29. The third-order valence-electron chi connectivity index (χ3n) is 3.85. The van der Waals surface area contributed by atoms with E-state index in [1.807, 2.05) is 0 Å². The molecule has 0 radical (unpaired) electrons. The zero-order valence-electron chi connectivity index (χ0n) is 10.3. The van der Waals surface area contributed by atoms with Gasteiger partial charge in [-0.1, -0.05) is 11.6 Å². The molecule has 2 unspecified atom stereocenters. The number of rotatable bonds is 2. The Balaban J connectivity index is 1.65. The Labute approximate surface area is 112 Å². The number of nitrogen functional groups attached to an aromatic ring is 1. The van der Waals surface area contributed by atoms with Crippen LogP contribution in [0.2, 0.25) is 5.15 Å². The summed E-state index contributed by atoms with van der Waals surface area (Å²) in [6.07, 6.45) is 5.01. The molecule has 2 atom stereocenters. The lowest BCUT2D eigenvalue weighted by atomic mass is 10.00. The number of piperidine rings is 1. The van der Waals surface area contributed by atoms with Crippen LogP contribution in [-0.4, -0.2) is 35.1 Å². The Bertz CT molecular complexity index is 420. The van der Waals surface area contributed by atoms with E-state index in [0.29, 0.717) is 22.8 Å². The number of halogens is 1. The van der Waals surface area contributed by atoms with Crippen molar-refractivity contribution in [3.05, 3.63) is 17.3 Å². The first kappa shape index (κ1) is 12.1. The van der Waals surface area contributed by atoms with Crippen molar-refractivity contribution >= 4 is 17.3 Å². The predicted octanol–water partition coefficient (Wildman–Crippen LogP) is 2.32. The minimum atomic E-state index is 0.245. The van der Waals surface area contributed by atoms with Crippen molar-refractivity contribution in [3.8, 4) is 5.88 Å². The van der Waals surface area contributed by atoms with Crippen molar-refractivity contribution in [1.29, 1.82) is 0 Å². The molecule has 98 valence electrons. The second-order valence-corrected chi connectivity index (χ2v) is 5.54. The van der Waals surface area contributed by atoms with Gasteiger partial charge >= 0.3 is 0 Å². The first-order chi connectivity index (χ1) is 8.70. The lowest BCUT2D eigenvalue weighted by Gasteiger charge is -2.34. The van der Waals surface area contributed by atoms with Crippen LogP contribution in [0.4, 0.5) is 5.69 Å². The lowest BCUT2D eigenvalue weighted by Crippen LogP contribution is -2.42. The second-order valence-electron chi connectivity index (χ2n) is 5.16. The molecule has 0 aliphatic carbocycles. The van der Waals surface area contributed by atoms with E-state index in [2.05, 4.69) is 9.88 Å². The summed E-state index contributed by atoms with van der Waals surface area (Å²) in [6.45, 7) is 2.38. The fourth-order valence-corrected chi connectivity index (χ4v) is 3.23. The summed E-state index contributed by atoms with van der Waals surface area (Å²) in [6, 6.07) is 4.07. The van der Waals surface area contributed by atoms with Gasteiger partial charge in [-0.15, -0.1) is 0 Å². The van der Waals surface area contributed by atoms with E-state index in [9.17, 15) is 0 Å².